The maximum absolute atomic E-state index is 8.82. The molecule has 1 aliphatic heterocycles. The Morgan fingerprint density at radius 3 is 3.00 bits per heavy atom. The van der Waals surface area contributed by atoms with Crippen molar-refractivity contribution in [1.82, 2.24) is 15.1 Å². The Hall–Kier alpha value is -1.39. The Balaban J connectivity index is 1.78. The van der Waals surface area contributed by atoms with Gasteiger partial charge in [0.15, 0.2) is 5.82 Å². The van der Waals surface area contributed by atoms with E-state index in [4.69, 9.17) is 9.78 Å². The second kappa shape index (κ2) is 5.54. The van der Waals surface area contributed by atoms with Crippen LogP contribution in [-0.2, 0) is 0 Å². The summed E-state index contributed by atoms with van der Waals surface area (Å²) >= 11 is 3.85. The molecule has 20 heavy (non-hydrogen) atoms. The quantitative estimate of drug-likeness (QED) is 0.917. The number of nitriles is 1. The minimum Gasteiger partial charge on any atom is -0.356 e. The van der Waals surface area contributed by atoms with Gasteiger partial charge in [0.25, 0.3) is 5.89 Å². The molecule has 1 N–H and O–H groups in total. The number of hydrogen-bond donors (Lipinski definition) is 1. The van der Waals surface area contributed by atoms with Gasteiger partial charge in [0.2, 0.25) is 0 Å². The lowest BCUT2D eigenvalue weighted by atomic mass is 10.3. The van der Waals surface area contributed by atoms with Gasteiger partial charge in [-0.15, -0.1) is 11.8 Å². The molecule has 7 heteroatoms. The van der Waals surface area contributed by atoms with Gasteiger partial charge in [-0.25, -0.2) is 0 Å². The Kier molecular flexibility index (Phi) is 3.76. The van der Waals surface area contributed by atoms with Crippen molar-refractivity contribution in [3.63, 3.8) is 0 Å². The first kappa shape index (κ1) is 13.6. The first-order valence-corrected chi connectivity index (χ1v) is 8.36. The van der Waals surface area contributed by atoms with Gasteiger partial charge >= 0.3 is 0 Å². The third-order valence-corrected chi connectivity index (χ3v) is 6.71. The van der Waals surface area contributed by atoms with Gasteiger partial charge in [-0.1, -0.05) is 19.0 Å². The molecule has 0 spiro atoms. The molecule has 2 aromatic rings. The highest BCUT2D eigenvalue weighted by Gasteiger charge is 2.30. The second-order valence-corrected chi connectivity index (χ2v) is 7.73. The molecule has 0 radical (unpaired) electrons. The number of nitrogens with zero attached hydrogens (tertiary/aromatic N) is 3. The number of aromatic nitrogens is 3. The van der Waals surface area contributed by atoms with E-state index in [2.05, 4.69) is 35.0 Å². The van der Waals surface area contributed by atoms with E-state index in [1.54, 1.807) is 12.3 Å². The minimum absolute atomic E-state index is 0.272. The molecule has 0 bridgehead atoms. The lowest BCUT2D eigenvalue weighted by molar-refractivity contribution is 0.422. The zero-order valence-electron chi connectivity index (χ0n) is 11.2. The van der Waals surface area contributed by atoms with Crippen LogP contribution in [0.25, 0.3) is 11.6 Å². The maximum Gasteiger partial charge on any atom is 0.274 e. The van der Waals surface area contributed by atoms with Crippen molar-refractivity contribution in [3.8, 4) is 17.7 Å². The number of aromatic amines is 1. The van der Waals surface area contributed by atoms with E-state index in [1.807, 2.05) is 23.5 Å². The van der Waals surface area contributed by atoms with Gasteiger partial charge in [0, 0.05) is 22.4 Å². The predicted molar refractivity (Wildman–Crippen MR) is 80.5 cm³/mol. The van der Waals surface area contributed by atoms with Crippen LogP contribution >= 0.6 is 23.5 Å². The van der Waals surface area contributed by atoms with Gasteiger partial charge in [-0.05, 0) is 6.07 Å². The Morgan fingerprint density at radius 2 is 2.30 bits per heavy atom. The van der Waals surface area contributed by atoms with Crippen LogP contribution in [0.5, 0.6) is 0 Å². The summed E-state index contributed by atoms with van der Waals surface area (Å²) in [4.78, 5) is 7.43. The van der Waals surface area contributed by atoms with Crippen LogP contribution in [0.4, 0.5) is 0 Å². The summed E-state index contributed by atoms with van der Waals surface area (Å²) in [6.45, 7) is 4.49. The van der Waals surface area contributed by atoms with Gasteiger partial charge in [0.05, 0.1) is 10.8 Å². The van der Waals surface area contributed by atoms with Crippen molar-refractivity contribution in [2.75, 3.05) is 5.75 Å². The van der Waals surface area contributed by atoms with Gasteiger partial charge in [-0.3, -0.25) is 0 Å². The lowest BCUT2D eigenvalue weighted by Gasteiger charge is -2.29. The van der Waals surface area contributed by atoms with Crippen LogP contribution < -0.4 is 0 Å². The molecule has 2 aromatic heterocycles. The SMILES string of the molecule is CC1SCC(c2noc(-c3cc(C#N)c[nH]3)n2)SC1C. The summed E-state index contributed by atoms with van der Waals surface area (Å²) < 4.78 is 5.30. The monoisotopic (exact) mass is 306 g/mol. The molecule has 3 unspecified atom stereocenters. The highest BCUT2D eigenvalue weighted by Crippen LogP contribution is 2.43. The maximum atomic E-state index is 8.82. The molecule has 1 saturated heterocycles. The summed E-state index contributed by atoms with van der Waals surface area (Å²) in [5.74, 6) is 2.19. The molecule has 0 saturated carbocycles. The first-order valence-electron chi connectivity index (χ1n) is 6.37. The summed E-state index contributed by atoms with van der Waals surface area (Å²) in [5.41, 5.74) is 1.25. The molecule has 1 fully saturated rings. The van der Waals surface area contributed by atoms with E-state index >= 15 is 0 Å². The van der Waals surface area contributed by atoms with E-state index in [0.29, 0.717) is 27.6 Å². The third-order valence-electron chi connectivity index (χ3n) is 3.32. The highest BCUT2D eigenvalue weighted by molar-refractivity contribution is 8.07. The van der Waals surface area contributed by atoms with E-state index in [1.165, 1.54) is 0 Å². The van der Waals surface area contributed by atoms with Crippen LogP contribution in [0.1, 0.15) is 30.5 Å². The summed E-state index contributed by atoms with van der Waals surface area (Å²) in [5, 5.41) is 14.4. The van der Waals surface area contributed by atoms with Gasteiger partial charge in [-0.2, -0.15) is 22.0 Å². The molecule has 3 atom stereocenters. The highest BCUT2D eigenvalue weighted by atomic mass is 32.2. The molecule has 3 heterocycles. The molecule has 1 aliphatic rings. The summed E-state index contributed by atoms with van der Waals surface area (Å²) in [6, 6.07) is 3.78. The standard InChI is InChI=1S/C13H14N4OS2/c1-7-8(2)20-11(6-19-7)12-16-13(18-17-12)10-3-9(4-14)5-15-10/h3,5,7-8,11,15H,6H2,1-2H3. The Labute approximate surface area is 125 Å². The lowest BCUT2D eigenvalue weighted by Crippen LogP contribution is -2.22. The largest absolute Gasteiger partial charge is 0.356 e. The van der Waals surface area contributed by atoms with Crippen molar-refractivity contribution >= 4 is 23.5 Å². The molecular weight excluding hydrogens is 292 g/mol. The normalized spacial score (nSPS) is 26.4. The number of rotatable bonds is 2. The van der Waals surface area contributed by atoms with Crippen molar-refractivity contribution in [1.29, 1.82) is 5.26 Å². The Morgan fingerprint density at radius 1 is 1.45 bits per heavy atom. The topological polar surface area (TPSA) is 78.5 Å². The van der Waals surface area contributed by atoms with E-state index in [9.17, 15) is 0 Å². The third kappa shape index (κ3) is 2.58. The molecule has 3 rings (SSSR count). The van der Waals surface area contributed by atoms with E-state index in [-0.39, 0.29) is 5.25 Å². The van der Waals surface area contributed by atoms with Crippen LogP contribution in [0.15, 0.2) is 16.8 Å². The average molecular weight is 306 g/mol. The first-order chi connectivity index (χ1) is 9.67. The molecule has 0 aromatic carbocycles. The minimum atomic E-state index is 0.272. The van der Waals surface area contributed by atoms with E-state index in [0.717, 1.165) is 11.6 Å². The predicted octanol–water partition coefficient (Wildman–Crippen LogP) is 3.23. The number of thioether (sulfide) groups is 2. The summed E-state index contributed by atoms with van der Waals surface area (Å²) in [7, 11) is 0. The molecule has 5 nitrogen and oxygen atoms in total. The Bertz CT molecular complexity index is 645. The van der Waals surface area contributed by atoms with Crippen LogP contribution in [-0.4, -0.2) is 31.4 Å². The zero-order chi connectivity index (χ0) is 14.1. The van der Waals surface area contributed by atoms with Crippen molar-refractivity contribution < 1.29 is 4.52 Å². The smallest absolute Gasteiger partial charge is 0.274 e. The number of hydrogen-bond acceptors (Lipinski definition) is 6. The van der Waals surface area contributed by atoms with Crippen molar-refractivity contribution in [2.45, 2.75) is 29.6 Å². The molecule has 0 amide bonds. The van der Waals surface area contributed by atoms with Crippen molar-refractivity contribution in [3.05, 3.63) is 23.7 Å². The fourth-order valence-corrected chi connectivity index (χ4v) is 4.81. The average Bonchev–Trinajstić information content (AvgIpc) is 3.09. The van der Waals surface area contributed by atoms with E-state index < -0.39 is 0 Å². The van der Waals surface area contributed by atoms with Gasteiger partial charge < -0.3 is 9.51 Å². The number of H-pyrrole nitrogens is 1. The number of nitrogens with one attached hydrogen (secondary N) is 1. The molecular formula is C13H14N4OS2. The fraction of sp³-hybridized carbons (Fsp3) is 0.462. The molecule has 104 valence electrons. The summed E-state index contributed by atoms with van der Waals surface area (Å²) in [6.07, 6.45) is 1.63. The zero-order valence-corrected chi connectivity index (χ0v) is 12.8. The van der Waals surface area contributed by atoms with Crippen LogP contribution in [0, 0.1) is 11.3 Å². The van der Waals surface area contributed by atoms with Crippen molar-refractivity contribution in [2.24, 2.45) is 0 Å². The van der Waals surface area contributed by atoms with Gasteiger partial charge in [0.1, 0.15) is 11.8 Å². The second-order valence-electron chi connectivity index (χ2n) is 4.74. The van der Waals surface area contributed by atoms with Crippen LogP contribution in [0.2, 0.25) is 0 Å². The van der Waals surface area contributed by atoms with Crippen LogP contribution in [0.3, 0.4) is 0 Å². The fourth-order valence-electron chi connectivity index (χ4n) is 1.98. The molecule has 0 aliphatic carbocycles.